The number of Topliss-reactive ketones (excluding diaryl/α,β-unsaturated/α-hetero) is 1. The summed E-state index contributed by atoms with van der Waals surface area (Å²) in [6.07, 6.45) is 3.67. The largest absolute Gasteiger partial charge is 0.455 e. The van der Waals surface area contributed by atoms with Crippen molar-refractivity contribution in [2.45, 2.75) is 26.2 Å². The molecule has 1 aliphatic carbocycles. The van der Waals surface area contributed by atoms with E-state index >= 15 is 0 Å². The number of amides is 1. The van der Waals surface area contributed by atoms with E-state index in [4.69, 9.17) is 4.42 Å². The van der Waals surface area contributed by atoms with Crippen LogP contribution in [0.4, 0.5) is 5.82 Å². The molecule has 0 spiro atoms. The Kier molecular flexibility index (Phi) is 4.40. The molecule has 2 aromatic heterocycles. The van der Waals surface area contributed by atoms with Crippen LogP contribution in [0.2, 0.25) is 0 Å². The first-order chi connectivity index (χ1) is 13.1. The highest BCUT2D eigenvalue weighted by atomic mass is 16.4. The van der Waals surface area contributed by atoms with Gasteiger partial charge in [0.1, 0.15) is 17.6 Å². The molecule has 0 radical (unpaired) electrons. The highest BCUT2D eigenvalue weighted by Gasteiger charge is 2.32. The number of pyridine rings is 1. The minimum atomic E-state index is -0.170. The second-order valence-corrected chi connectivity index (χ2v) is 6.90. The average Bonchev–Trinajstić information content (AvgIpc) is 3.05. The van der Waals surface area contributed by atoms with E-state index in [0.29, 0.717) is 73.0 Å². The van der Waals surface area contributed by atoms with E-state index in [2.05, 4.69) is 11.1 Å². The summed E-state index contributed by atoms with van der Waals surface area (Å²) < 4.78 is 5.79. The van der Waals surface area contributed by atoms with Gasteiger partial charge in [-0.15, -0.1) is 0 Å². The maximum atomic E-state index is 12.9. The van der Waals surface area contributed by atoms with Crippen LogP contribution in [0, 0.1) is 18.3 Å². The van der Waals surface area contributed by atoms with E-state index in [1.54, 1.807) is 30.2 Å². The molecule has 4 rings (SSSR count). The number of piperazine rings is 1. The lowest BCUT2D eigenvalue weighted by molar-refractivity contribution is 0.0711. The van der Waals surface area contributed by atoms with E-state index in [1.807, 2.05) is 4.90 Å². The Labute approximate surface area is 157 Å². The summed E-state index contributed by atoms with van der Waals surface area (Å²) in [5.41, 5.74) is 1.80. The van der Waals surface area contributed by atoms with Gasteiger partial charge < -0.3 is 14.2 Å². The molecule has 2 aromatic rings. The van der Waals surface area contributed by atoms with Crippen molar-refractivity contribution in [1.82, 2.24) is 9.88 Å². The number of fused-ring (bicyclic) bond motifs is 1. The molecule has 1 fully saturated rings. The summed E-state index contributed by atoms with van der Waals surface area (Å²) in [6.45, 7) is 4.01. The Hall–Kier alpha value is -3.14. The summed E-state index contributed by atoms with van der Waals surface area (Å²) in [5, 5.41) is 9.25. The Balaban J connectivity index is 1.50. The molecule has 1 aliphatic heterocycles. The van der Waals surface area contributed by atoms with Gasteiger partial charge in [-0.25, -0.2) is 4.98 Å². The predicted molar refractivity (Wildman–Crippen MR) is 97.8 cm³/mol. The van der Waals surface area contributed by atoms with Gasteiger partial charge in [-0.2, -0.15) is 5.26 Å². The van der Waals surface area contributed by atoms with Gasteiger partial charge in [0.2, 0.25) is 0 Å². The van der Waals surface area contributed by atoms with Gasteiger partial charge in [-0.05, 0) is 25.5 Å². The van der Waals surface area contributed by atoms with Gasteiger partial charge in [-0.1, -0.05) is 0 Å². The smallest absolute Gasteiger partial charge is 0.289 e. The molecule has 0 N–H and O–H groups in total. The zero-order valence-electron chi connectivity index (χ0n) is 15.2. The number of ketones is 1. The number of aromatic nitrogens is 1. The lowest BCUT2D eigenvalue weighted by atomic mass is 9.94. The number of furan rings is 1. The van der Waals surface area contributed by atoms with Crippen molar-refractivity contribution in [3.8, 4) is 6.07 Å². The zero-order valence-corrected chi connectivity index (χ0v) is 15.2. The molecule has 2 aliphatic rings. The average molecular weight is 364 g/mol. The minimum absolute atomic E-state index is 0.0700. The fourth-order valence-corrected chi connectivity index (χ4v) is 3.85. The molecule has 1 amide bonds. The minimum Gasteiger partial charge on any atom is -0.455 e. The summed E-state index contributed by atoms with van der Waals surface area (Å²) in [4.78, 5) is 33.2. The normalized spacial score (nSPS) is 16.8. The number of anilines is 1. The van der Waals surface area contributed by atoms with Crippen molar-refractivity contribution in [3.05, 3.63) is 46.5 Å². The fraction of sp³-hybridized carbons (Fsp3) is 0.400. The van der Waals surface area contributed by atoms with Gasteiger partial charge in [0, 0.05) is 50.8 Å². The van der Waals surface area contributed by atoms with Crippen LogP contribution in [0.3, 0.4) is 0 Å². The topological polar surface area (TPSA) is 90.4 Å². The highest BCUT2D eigenvalue weighted by molar-refractivity contribution is 6.03. The Morgan fingerprint density at radius 3 is 2.74 bits per heavy atom. The quantitative estimate of drug-likeness (QED) is 0.812. The SMILES string of the molecule is Cc1c(C(=O)N2CCN(c3ncccc3C#N)CC2)oc2c1C(=O)CCC2. The molecule has 0 bridgehead atoms. The summed E-state index contributed by atoms with van der Waals surface area (Å²) >= 11 is 0. The molecule has 7 nitrogen and oxygen atoms in total. The van der Waals surface area contributed by atoms with Crippen molar-refractivity contribution >= 4 is 17.5 Å². The Bertz CT molecular complexity index is 949. The van der Waals surface area contributed by atoms with Gasteiger partial charge in [0.05, 0.1) is 11.1 Å². The molecule has 0 saturated carbocycles. The molecule has 3 heterocycles. The maximum Gasteiger partial charge on any atom is 0.289 e. The van der Waals surface area contributed by atoms with Crippen molar-refractivity contribution in [3.63, 3.8) is 0 Å². The van der Waals surface area contributed by atoms with Gasteiger partial charge in [0.25, 0.3) is 5.91 Å². The molecular weight excluding hydrogens is 344 g/mol. The second-order valence-electron chi connectivity index (χ2n) is 6.90. The van der Waals surface area contributed by atoms with Gasteiger partial charge in [-0.3, -0.25) is 9.59 Å². The third-order valence-corrected chi connectivity index (χ3v) is 5.27. The number of aryl methyl sites for hydroxylation is 1. The molecule has 7 heteroatoms. The number of rotatable bonds is 2. The predicted octanol–water partition coefficient (Wildman–Crippen LogP) is 2.34. The molecule has 27 heavy (non-hydrogen) atoms. The first kappa shape index (κ1) is 17.3. The number of hydrogen-bond acceptors (Lipinski definition) is 6. The lowest BCUT2D eigenvalue weighted by Gasteiger charge is -2.35. The molecule has 138 valence electrons. The molecular formula is C20H20N4O3. The third kappa shape index (κ3) is 2.97. The number of carbonyl (C=O) groups is 2. The summed E-state index contributed by atoms with van der Waals surface area (Å²) in [6, 6.07) is 5.64. The summed E-state index contributed by atoms with van der Waals surface area (Å²) in [5.74, 6) is 1.50. The third-order valence-electron chi connectivity index (χ3n) is 5.27. The van der Waals surface area contributed by atoms with Crippen LogP contribution in [-0.2, 0) is 6.42 Å². The molecule has 0 unspecified atom stereocenters. The van der Waals surface area contributed by atoms with E-state index in [1.165, 1.54) is 0 Å². The van der Waals surface area contributed by atoms with Crippen LogP contribution in [0.5, 0.6) is 0 Å². The van der Waals surface area contributed by atoms with E-state index in [0.717, 1.165) is 6.42 Å². The first-order valence-electron chi connectivity index (χ1n) is 9.15. The zero-order chi connectivity index (χ0) is 19.0. The Morgan fingerprint density at radius 1 is 1.26 bits per heavy atom. The van der Waals surface area contributed by atoms with Crippen LogP contribution >= 0.6 is 0 Å². The number of nitriles is 1. The van der Waals surface area contributed by atoms with Gasteiger partial charge in [0.15, 0.2) is 11.5 Å². The fourth-order valence-electron chi connectivity index (χ4n) is 3.85. The van der Waals surface area contributed by atoms with Crippen molar-refractivity contribution in [2.24, 2.45) is 0 Å². The second kappa shape index (κ2) is 6.88. The van der Waals surface area contributed by atoms with Crippen molar-refractivity contribution < 1.29 is 14.0 Å². The monoisotopic (exact) mass is 364 g/mol. The van der Waals surface area contributed by atoms with Crippen LogP contribution < -0.4 is 4.90 Å². The molecule has 1 saturated heterocycles. The Morgan fingerprint density at radius 2 is 2.04 bits per heavy atom. The number of hydrogen-bond donors (Lipinski definition) is 0. The highest BCUT2D eigenvalue weighted by Crippen LogP contribution is 2.30. The molecule has 0 aromatic carbocycles. The van der Waals surface area contributed by atoms with E-state index in [9.17, 15) is 14.9 Å². The lowest BCUT2D eigenvalue weighted by Crippen LogP contribution is -2.49. The van der Waals surface area contributed by atoms with Crippen LogP contribution in [0.1, 0.15) is 50.6 Å². The number of nitrogens with zero attached hydrogens (tertiary/aromatic N) is 4. The van der Waals surface area contributed by atoms with Crippen LogP contribution in [0.15, 0.2) is 22.7 Å². The molecule has 0 atom stereocenters. The first-order valence-corrected chi connectivity index (χ1v) is 9.15. The van der Waals surface area contributed by atoms with Crippen molar-refractivity contribution in [2.75, 3.05) is 31.1 Å². The van der Waals surface area contributed by atoms with Gasteiger partial charge >= 0.3 is 0 Å². The van der Waals surface area contributed by atoms with Crippen LogP contribution in [-0.4, -0.2) is 47.8 Å². The van der Waals surface area contributed by atoms with E-state index in [-0.39, 0.29) is 11.7 Å². The number of carbonyl (C=O) groups excluding carboxylic acids is 2. The van der Waals surface area contributed by atoms with E-state index < -0.39 is 0 Å². The summed E-state index contributed by atoms with van der Waals surface area (Å²) in [7, 11) is 0. The standard InChI is InChI=1S/C20H20N4O3/c1-13-17-15(25)5-2-6-16(17)27-18(13)20(26)24-10-8-23(9-11-24)19-14(12-21)4-3-7-22-19/h3-4,7H,2,5-6,8-11H2,1H3. The van der Waals surface area contributed by atoms with Crippen molar-refractivity contribution in [1.29, 1.82) is 5.26 Å². The van der Waals surface area contributed by atoms with Crippen LogP contribution in [0.25, 0.3) is 0 Å². The maximum absolute atomic E-state index is 12.9.